The number of aryl methyl sites for hydroxylation is 1. The second-order valence-corrected chi connectivity index (χ2v) is 4.82. The lowest BCUT2D eigenvalue weighted by atomic mass is 10.1. The van der Waals surface area contributed by atoms with Crippen molar-refractivity contribution in [1.82, 2.24) is 9.97 Å². The van der Waals surface area contributed by atoms with Crippen LogP contribution in [0.5, 0.6) is 0 Å². The first-order valence-electron chi connectivity index (χ1n) is 5.16. The minimum Gasteiger partial charge on any atom is -0.254 e. The Morgan fingerprint density at radius 2 is 2.00 bits per heavy atom. The van der Waals surface area contributed by atoms with E-state index in [1.165, 1.54) is 12.1 Å². The number of nitrogens with zero attached hydrogens (tertiary/aromatic N) is 2. The summed E-state index contributed by atoms with van der Waals surface area (Å²) in [6, 6.07) is 6.53. The summed E-state index contributed by atoms with van der Waals surface area (Å²) in [6.07, 6.45) is 1.71. The van der Waals surface area contributed by atoms with Gasteiger partial charge >= 0.3 is 0 Å². The normalized spacial score (nSPS) is 11.2. The molecule has 0 saturated heterocycles. The molecule has 0 spiro atoms. The van der Waals surface area contributed by atoms with Crippen molar-refractivity contribution < 1.29 is 4.39 Å². The van der Waals surface area contributed by atoms with E-state index < -0.39 is 0 Å². The van der Waals surface area contributed by atoms with Crippen molar-refractivity contribution in [3.63, 3.8) is 0 Å². The molecule has 4 heteroatoms. The molecule has 17 heavy (non-hydrogen) atoms. The number of rotatable bonds is 0. The van der Waals surface area contributed by atoms with Gasteiger partial charge in [-0.25, -0.2) is 4.39 Å². The summed E-state index contributed by atoms with van der Waals surface area (Å²) >= 11 is 3.38. The highest BCUT2D eigenvalue weighted by Crippen LogP contribution is 2.27. The minimum atomic E-state index is -0.269. The number of aromatic nitrogens is 2. The third-order valence-electron chi connectivity index (χ3n) is 2.75. The van der Waals surface area contributed by atoms with Gasteiger partial charge in [0, 0.05) is 27.1 Å². The van der Waals surface area contributed by atoms with Gasteiger partial charge in [0.05, 0.1) is 11.0 Å². The Labute approximate surface area is 106 Å². The lowest BCUT2D eigenvalue weighted by molar-refractivity contribution is 0.629. The molecule has 0 aliphatic carbocycles. The van der Waals surface area contributed by atoms with E-state index in [4.69, 9.17) is 0 Å². The lowest BCUT2D eigenvalue weighted by Crippen LogP contribution is -1.91. The standard InChI is InChI=1S/C13H8BrFN2/c1-7-10-4-8(14)6-16-13(10)11-5-9(15)2-3-12(11)17-7/h2-6H,1H3. The van der Waals surface area contributed by atoms with E-state index in [-0.39, 0.29) is 5.82 Å². The van der Waals surface area contributed by atoms with E-state index in [0.717, 1.165) is 32.0 Å². The van der Waals surface area contributed by atoms with Crippen LogP contribution in [-0.2, 0) is 0 Å². The monoisotopic (exact) mass is 290 g/mol. The van der Waals surface area contributed by atoms with Crippen molar-refractivity contribution in [2.45, 2.75) is 6.92 Å². The molecule has 0 radical (unpaired) electrons. The molecule has 0 amide bonds. The molecule has 0 unspecified atom stereocenters. The van der Waals surface area contributed by atoms with Crippen molar-refractivity contribution >= 4 is 37.7 Å². The Balaban J connectivity index is 2.57. The van der Waals surface area contributed by atoms with Crippen LogP contribution >= 0.6 is 15.9 Å². The maximum atomic E-state index is 13.3. The van der Waals surface area contributed by atoms with E-state index in [1.54, 1.807) is 12.3 Å². The van der Waals surface area contributed by atoms with Crippen molar-refractivity contribution in [2.75, 3.05) is 0 Å². The van der Waals surface area contributed by atoms with Gasteiger partial charge in [0.2, 0.25) is 0 Å². The van der Waals surface area contributed by atoms with Crippen LogP contribution in [0.1, 0.15) is 5.69 Å². The molecule has 3 rings (SSSR count). The first-order valence-corrected chi connectivity index (χ1v) is 5.95. The van der Waals surface area contributed by atoms with Gasteiger partial charge in [-0.15, -0.1) is 0 Å². The molecular formula is C13H8BrFN2. The third-order valence-corrected chi connectivity index (χ3v) is 3.18. The van der Waals surface area contributed by atoms with Crippen LogP contribution in [0.3, 0.4) is 0 Å². The van der Waals surface area contributed by atoms with Gasteiger partial charge in [0.25, 0.3) is 0 Å². The second-order valence-electron chi connectivity index (χ2n) is 3.91. The molecule has 2 aromatic heterocycles. The molecule has 0 saturated carbocycles. The third kappa shape index (κ3) is 1.69. The predicted molar refractivity (Wildman–Crippen MR) is 69.4 cm³/mol. The van der Waals surface area contributed by atoms with Gasteiger partial charge in [0.1, 0.15) is 5.82 Å². The van der Waals surface area contributed by atoms with Crippen LogP contribution in [-0.4, -0.2) is 9.97 Å². The molecule has 2 nitrogen and oxygen atoms in total. The van der Waals surface area contributed by atoms with E-state index in [1.807, 2.05) is 13.0 Å². The zero-order chi connectivity index (χ0) is 12.0. The van der Waals surface area contributed by atoms with E-state index in [2.05, 4.69) is 25.9 Å². The summed E-state index contributed by atoms with van der Waals surface area (Å²) in [7, 11) is 0. The Hall–Kier alpha value is -1.55. The maximum absolute atomic E-state index is 13.3. The van der Waals surface area contributed by atoms with Gasteiger partial charge in [-0.05, 0) is 47.1 Å². The Kier molecular flexibility index (Phi) is 2.33. The average molecular weight is 291 g/mol. The summed E-state index contributed by atoms with van der Waals surface area (Å²) in [5.74, 6) is -0.269. The average Bonchev–Trinajstić information content (AvgIpc) is 2.30. The van der Waals surface area contributed by atoms with Crippen LogP contribution < -0.4 is 0 Å². The molecule has 84 valence electrons. The molecule has 3 aromatic rings. The summed E-state index contributed by atoms with van der Waals surface area (Å²) in [5, 5.41) is 1.69. The Morgan fingerprint density at radius 3 is 2.82 bits per heavy atom. The molecule has 1 aromatic carbocycles. The lowest BCUT2D eigenvalue weighted by Gasteiger charge is -2.06. The molecule has 2 heterocycles. The van der Waals surface area contributed by atoms with Crippen molar-refractivity contribution in [3.8, 4) is 0 Å². The van der Waals surface area contributed by atoms with Crippen LogP contribution in [0.2, 0.25) is 0 Å². The van der Waals surface area contributed by atoms with Gasteiger partial charge in [-0.3, -0.25) is 9.97 Å². The van der Waals surface area contributed by atoms with E-state index in [9.17, 15) is 4.39 Å². The van der Waals surface area contributed by atoms with Gasteiger partial charge < -0.3 is 0 Å². The van der Waals surface area contributed by atoms with Crippen LogP contribution in [0.15, 0.2) is 34.9 Å². The number of hydrogen-bond acceptors (Lipinski definition) is 2. The number of hydrogen-bond donors (Lipinski definition) is 0. The Bertz CT molecular complexity index is 740. The molecule has 0 aliphatic rings. The van der Waals surface area contributed by atoms with Crippen molar-refractivity contribution in [3.05, 3.63) is 46.4 Å². The quantitative estimate of drug-likeness (QED) is 0.585. The first-order chi connectivity index (χ1) is 8.15. The number of halogens is 2. The molecule has 0 atom stereocenters. The van der Waals surface area contributed by atoms with E-state index >= 15 is 0 Å². The second kappa shape index (κ2) is 3.74. The summed E-state index contributed by atoms with van der Waals surface area (Å²) in [5.41, 5.74) is 2.45. The molecular weight excluding hydrogens is 283 g/mol. The molecule has 0 fully saturated rings. The topological polar surface area (TPSA) is 25.8 Å². The Morgan fingerprint density at radius 1 is 1.18 bits per heavy atom. The van der Waals surface area contributed by atoms with Crippen LogP contribution in [0.4, 0.5) is 4.39 Å². The summed E-state index contributed by atoms with van der Waals surface area (Å²) in [6.45, 7) is 1.93. The minimum absolute atomic E-state index is 0.269. The zero-order valence-corrected chi connectivity index (χ0v) is 10.6. The van der Waals surface area contributed by atoms with Gasteiger partial charge in [-0.2, -0.15) is 0 Å². The largest absolute Gasteiger partial charge is 0.254 e. The highest BCUT2D eigenvalue weighted by Gasteiger charge is 2.08. The fourth-order valence-corrected chi connectivity index (χ4v) is 2.30. The number of fused-ring (bicyclic) bond motifs is 3. The fourth-order valence-electron chi connectivity index (χ4n) is 1.97. The first kappa shape index (κ1) is 10.6. The van der Waals surface area contributed by atoms with Crippen molar-refractivity contribution in [1.29, 1.82) is 0 Å². The highest BCUT2D eigenvalue weighted by atomic mass is 79.9. The zero-order valence-electron chi connectivity index (χ0n) is 9.04. The smallest absolute Gasteiger partial charge is 0.124 e. The SMILES string of the molecule is Cc1nc2ccc(F)cc2c2ncc(Br)cc12. The maximum Gasteiger partial charge on any atom is 0.124 e. The van der Waals surface area contributed by atoms with Gasteiger partial charge in [-0.1, -0.05) is 0 Å². The molecule has 0 N–H and O–H groups in total. The van der Waals surface area contributed by atoms with Crippen molar-refractivity contribution in [2.24, 2.45) is 0 Å². The predicted octanol–water partition coefficient (Wildman–Crippen LogP) is 3.99. The molecule has 0 bridgehead atoms. The van der Waals surface area contributed by atoms with E-state index in [0.29, 0.717) is 0 Å². The highest BCUT2D eigenvalue weighted by molar-refractivity contribution is 9.10. The number of pyridine rings is 2. The number of benzene rings is 1. The summed E-state index contributed by atoms with van der Waals surface area (Å²) in [4.78, 5) is 8.82. The fraction of sp³-hybridized carbons (Fsp3) is 0.0769. The van der Waals surface area contributed by atoms with Crippen LogP contribution in [0.25, 0.3) is 21.8 Å². The van der Waals surface area contributed by atoms with Crippen LogP contribution in [0, 0.1) is 12.7 Å². The van der Waals surface area contributed by atoms with Gasteiger partial charge in [0.15, 0.2) is 0 Å². The summed E-state index contributed by atoms with van der Waals surface area (Å²) < 4.78 is 14.2. The molecule has 0 aliphatic heterocycles.